The molecule has 1 heterocycles. The van der Waals surface area contributed by atoms with Crippen molar-refractivity contribution in [1.29, 1.82) is 0 Å². The van der Waals surface area contributed by atoms with Crippen LogP contribution in [-0.4, -0.2) is 15.6 Å². The van der Waals surface area contributed by atoms with Crippen LogP contribution >= 0.6 is 0 Å². The molecule has 0 amide bonds. The SMILES string of the molecule is Cn1ccnc1CC(NN)C1C2CCc3ccccc3C21. The first-order chi connectivity index (χ1) is 10.3. The number of hydrogen-bond donors (Lipinski definition) is 2. The molecule has 1 aromatic carbocycles. The van der Waals surface area contributed by atoms with Crippen LogP contribution in [-0.2, 0) is 19.9 Å². The summed E-state index contributed by atoms with van der Waals surface area (Å²) in [4.78, 5) is 4.44. The molecule has 2 aliphatic rings. The molecule has 0 spiro atoms. The Morgan fingerprint density at radius 1 is 1.43 bits per heavy atom. The number of rotatable bonds is 4. The molecule has 1 saturated carbocycles. The molecule has 110 valence electrons. The van der Waals surface area contributed by atoms with Gasteiger partial charge in [-0.05, 0) is 41.7 Å². The molecule has 3 N–H and O–H groups in total. The van der Waals surface area contributed by atoms with Crippen molar-refractivity contribution in [2.75, 3.05) is 0 Å². The summed E-state index contributed by atoms with van der Waals surface area (Å²) in [6, 6.07) is 9.22. The molecule has 0 bridgehead atoms. The Bertz CT molecular complexity index is 648. The lowest BCUT2D eigenvalue weighted by Gasteiger charge is -2.16. The van der Waals surface area contributed by atoms with E-state index in [2.05, 4.69) is 39.2 Å². The minimum absolute atomic E-state index is 0.312. The van der Waals surface area contributed by atoms with Gasteiger partial charge in [-0.15, -0.1) is 0 Å². The maximum absolute atomic E-state index is 5.87. The topological polar surface area (TPSA) is 55.9 Å². The summed E-state index contributed by atoms with van der Waals surface area (Å²) in [5, 5.41) is 0. The monoisotopic (exact) mass is 282 g/mol. The van der Waals surface area contributed by atoms with Crippen LogP contribution in [0.25, 0.3) is 0 Å². The minimum atomic E-state index is 0.312. The van der Waals surface area contributed by atoms with E-state index in [1.54, 1.807) is 5.56 Å². The highest BCUT2D eigenvalue weighted by Crippen LogP contribution is 2.61. The van der Waals surface area contributed by atoms with Gasteiger partial charge in [0.2, 0.25) is 0 Å². The van der Waals surface area contributed by atoms with Gasteiger partial charge in [-0.25, -0.2) is 4.98 Å². The molecule has 1 fully saturated rings. The Labute approximate surface area is 125 Å². The Hall–Kier alpha value is -1.65. The van der Waals surface area contributed by atoms with Gasteiger partial charge in [0.1, 0.15) is 5.82 Å². The van der Waals surface area contributed by atoms with Gasteiger partial charge in [0.15, 0.2) is 0 Å². The number of hydrogen-bond acceptors (Lipinski definition) is 3. The number of aryl methyl sites for hydroxylation is 2. The molecule has 4 atom stereocenters. The standard InChI is InChI=1S/C17H22N4/c1-21-9-8-19-15(21)10-14(20-18)17-13-7-6-11-4-2-3-5-12(11)16(13)17/h2-5,8-9,13-14,16-17,20H,6-7,10,18H2,1H3. The molecule has 21 heavy (non-hydrogen) atoms. The summed E-state index contributed by atoms with van der Waals surface area (Å²) in [7, 11) is 2.05. The molecule has 2 aliphatic carbocycles. The second kappa shape index (κ2) is 4.97. The molecule has 4 rings (SSSR count). The van der Waals surface area contributed by atoms with Crippen molar-refractivity contribution in [3.63, 3.8) is 0 Å². The zero-order valence-corrected chi connectivity index (χ0v) is 12.4. The molecular weight excluding hydrogens is 260 g/mol. The maximum Gasteiger partial charge on any atom is 0.109 e. The summed E-state index contributed by atoms with van der Waals surface area (Å²) in [6.07, 6.45) is 7.27. The van der Waals surface area contributed by atoms with Crippen LogP contribution in [0.15, 0.2) is 36.7 Å². The molecular formula is C17H22N4. The number of aromatic nitrogens is 2. The lowest BCUT2D eigenvalue weighted by Crippen LogP contribution is -2.39. The third-order valence-electron chi connectivity index (χ3n) is 5.39. The van der Waals surface area contributed by atoms with E-state index in [0.717, 1.165) is 18.2 Å². The predicted octanol–water partition coefficient (Wildman–Crippen LogP) is 1.77. The number of hydrazine groups is 1. The van der Waals surface area contributed by atoms with Crippen LogP contribution < -0.4 is 11.3 Å². The van der Waals surface area contributed by atoms with Gasteiger partial charge in [-0.2, -0.15) is 0 Å². The van der Waals surface area contributed by atoms with Crippen molar-refractivity contribution >= 4 is 0 Å². The van der Waals surface area contributed by atoms with E-state index in [9.17, 15) is 0 Å². The zero-order valence-electron chi connectivity index (χ0n) is 12.4. The van der Waals surface area contributed by atoms with Crippen LogP contribution in [0.1, 0.15) is 29.3 Å². The number of benzene rings is 1. The summed E-state index contributed by atoms with van der Waals surface area (Å²) < 4.78 is 2.09. The van der Waals surface area contributed by atoms with E-state index in [0.29, 0.717) is 17.9 Å². The Balaban J connectivity index is 1.56. The van der Waals surface area contributed by atoms with Crippen LogP contribution in [0.5, 0.6) is 0 Å². The van der Waals surface area contributed by atoms with Crippen molar-refractivity contribution in [2.24, 2.45) is 24.7 Å². The Morgan fingerprint density at radius 3 is 3.05 bits per heavy atom. The molecule has 1 aromatic heterocycles. The summed E-state index contributed by atoms with van der Waals surface area (Å²) >= 11 is 0. The van der Waals surface area contributed by atoms with E-state index in [1.165, 1.54) is 18.4 Å². The van der Waals surface area contributed by atoms with E-state index in [-0.39, 0.29) is 0 Å². The Kier molecular flexibility index (Phi) is 3.08. The summed E-state index contributed by atoms with van der Waals surface area (Å²) in [5.41, 5.74) is 6.15. The smallest absolute Gasteiger partial charge is 0.109 e. The average Bonchev–Trinajstić information content (AvgIpc) is 3.12. The first kappa shape index (κ1) is 13.0. The lowest BCUT2D eigenvalue weighted by molar-refractivity contribution is 0.430. The summed E-state index contributed by atoms with van der Waals surface area (Å²) in [5.74, 6) is 9.11. The molecule has 4 heteroatoms. The summed E-state index contributed by atoms with van der Waals surface area (Å²) in [6.45, 7) is 0. The average molecular weight is 282 g/mol. The lowest BCUT2D eigenvalue weighted by atomic mass is 9.92. The van der Waals surface area contributed by atoms with Gasteiger partial charge >= 0.3 is 0 Å². The second-order valence-electron chi connectivity index (χ2n) is 6.44. The first-order valence-electron chi connectivity index (χ1n) is 7.79. The number of nitrogens with two attached hydrogens (primary N) is 1. The molecule has 4 nitrogen and oxygen atoms in total. The number of nitrogens with one attached hydrogen (secondary N) is 1. The quantitative estimate of drug-likeness (QED) is 0.664. The van der Waals surface area contributed by atoms with Crippen molar-refractivity contribution in [3.8, 4) is 0 Å². The third-order valence-corrected chi connectivity index (χ3v) is 5.39. The highest BCUT2D eigenvalue weighted by Gasteiger charge is 2.56. The fourth-order valence-corrected chi connectivity index (χ4v) is 4.26. The van der Waals surface area contributed by atoms with E-state index < -0.39 is 0 Å². The second-order valence-corrected chi connectivity index (χ2v) is 6.44. The van der Waals surface area contributed by atoms with Gasteiger partial charge < -0.3 is 4.57 Å². The number of nitrogens with zero attached hydrogens (tertiary/aromatic N) is 2. The van der Waals surface area contributed by atoms with E-state index in [1.807, 2.05) is 19.4 Å². The maximum atomic E-state index is 5.87. The normalized spacial score (nSPS) is 27.8. The van der Waals surface area contributed by atoms with Crippen LogP contribution in [0.2, 0.25) is 0 Å². The van der Waals surface area contributed by atoms with Gasteiger partial charge in [-0.1, -0.05) is 24.3 Å². The zero-order chi connectivity index (χ0) is 14.4. The number of fused-ring (bicyclic) bond motifs is 3. The van der Waals surface area contributed by atoms with Crippen LogP contribution in [0.4, 0.5) is 0 Å². The van der Waals surface area contributed by atoms with E-state index in [4.69, 9.17) is 5.84 Å². The van der Waals surface area contributed by atoms with Crippen molar-refractivity contribution in [3.05, 3.63) is 53.6 Å². The Morgan fingerprint density at radius 2 is 2.29 bits per heavy atom. The molecule has 0 aliphatic heterocycles. The van der Waals surface area contributed by atoms with Gasteiger partial charge in [0.05, 0.1) is 0 Å². The largest absolute Gasteiger partial charge is 0.338 e. The molecule has 0 radical (unpaired) electrons. The van der Waals surface area contributed by atoms with Crippen molar-refractivity contribution < 1.29 is 0 Å². The highest BCUT2D eigenvalue weighted by molar-refractivity contribution is 5.40. The highest BCUT2D eigenvalue weighted by atomic mass is 15.2. The van der Waals surface area contributed by atoms with Gasteiger partial charge in [-0.3, -0.25) is 11.3 Å². The van der Waals surface area contributed by atoms with Gasteiger partial charge in [0.25, 0.3) is 0 Å². The fraction of sp³-hybridized carbons (Fsp3) is 0.471. The number of imidazole rings is 1. The van der Waals surface area contributed by atoms with Crippen LogP contribution in [0, 0.1) is 11.8 Å². The predicted molar refractivity (Wildman–Crippen MR) is 82.5 cm³/mol. The third kappa shape index (κ3) is 2.10. The first-order valence-corrected chi connectivity index (χ1v) is 7.79. The molecule has 2 aromatic rings. The van der Waals surface area contributed by atoms with Crippen LogP contribution in [0.3, 0.4) is 0 Å². The molecule has 4 unspecified atom stereocenters. The van der Waals surface area contributed by atoms with Crippen molar-refractivity contribution in [1.82, 2.24) is 15.0 Å². The minimum Gasteiger partial charge on any atom is -0.338 e. The van der Waals surface area contributed by atoms with Crippen molar-refractivity contribution in [2.45, 2.75) is 31.2 Å². The van der Waals surface area contributed by atoms with Gasteiger partial charge in [0, 0.05) is 31.9 Å². The van der Waals surface area contributed by atoms with E-state index >= 15 is 0 Å². The fourth-order valence-electron chi connectivity index (χ4n) is 4.26. The molecule has 0 saturated heterocycles.